The number of rotatable bonds is 7. The van der Waals surface area contributed by atoms with Crippen LogP contribution in [-0.4, -0.2) is 23.0 Å². The molecule has 0 aliphatic rings. The highest BCUT2D eigenvalue weighted by atomic mass is 19.1. The number of aromatic amines is 1. The SMILES string of the molecule is COc1ccc(CC(=O)N[C@@H](CC(C)C)c2nc3ccccc3[nH]2)cc1F. The number of benzene rings is 2. The Labute approximate surface area is 158 Å². The molecule has 0 fully saturated rings. The first-order valence-electron chi connectivity index (χ1n) is 9.02. The van der Waals surface area contributed by atoms with Crippen LogP contribution in [0.15, 0.2) is 42.5 Å². The Kier molecular flexibility index (Phi) is 5.74. The molecule has 27 heavy (non-hydrogen) atoms. The van der Waals surface area contributed by atoms with Crippen molar-refractivity contribution < 1.29 is 13.9 Å². The smallest absolute Gasteiger partial charge is 0.225 e. The van der Waals surface area contributed by atoms with Gasteiger partial charge in [-0.15, -0.1) is 0 Å². The van der Waals surface area contributed by atoms with Gasteiger partial charge in [0.1, 0.15) is 5.82 Å². The molecule has 2 aromatic carbocycles. The number of aromatic nitrogens is 2. The molecule has 3 aromatic rings. The average molecular weight is 369 g/mol. The zero-order chi connectivity index (χ0) is 19.4. The summed E-state index contributed by atoms with van der Waals surface area (Å²) >= 11 is 0. The van der Waals surface area contributed by atoms with E-state index >= 15 is 0 Å². The number of methoxy groups -OCH3 is 1. The Hall–Kier alpha value is -2.89. The van der Waals surface area contributed by atoms with Gasteiger partial charge in [0, 0.05) is 0 Å². The maximum atomic E-state index is 13.8. The van der Waals surface area contributed by atoms with Crippen molar-refractivity contribution >= 4 is 16.9 Å². The van der Waals surface area contributed by atoms with Crippen molar-refractivity contribution in [2.45, 2.75) is 32.7 Å². The Bertz CT molecular complexity index is 903. The summed E-state index contributed by atoms with van der Waals surface area (Å²) in [7, 11) is 1.41. The van der Waals surface area contributed by atoms with E-state index in [-0.39, 0.29) is 24.1 Å². The van der Waals surface area contributed by atoms with E-state index in [0.29, 0.717) is 11.5 Å². The van der Waals surface area contributed by atoms with E-state index in [2.05, 4.69) is 29.1 Å². The fourth-order valence-electron chi connectivity index (χ4n) is 3.10. The lowest BCUT2D eigenvalue weighted by Gasteiger charge is -2.19. The van der Waals surface area contributed by atoms with Gasteiger partial charge in [-0.2, -0.15) is 0 Å². The summed E-state index contributed by atoms with van der Waals surface area (Å²) in [5.74, 6) is 0.629. The van der Waals surface area contributed by atoms with Crippen molar-refractivity contribution in [1.82, 2.24) is 15.3 Å². The number of ether oxygens (including phenoxy) is 1. The van der Waals surface area contributed by atoms with E-state index in [0.717, 1.165) is 23.3 Å². The van der Waals surface area contributed by atoms with Gasteiger partial charge < -0.3 is 15.0 Å². The number of H-pyrrole nitrogens is 1. The van der Waals surface area contributed by atoms with Gasteiger partial charge in [0.2, 0.25) is 5.91 Å². The molecule has 3 rings (SSSR count). The van der Waals surface area contributed by atoms with Gasteiger partial charge in [0.25, 0.3) is 0 Å². The predicted octanol–water partition coefficient (Wildman–Crippen LogP) is 4.16. The minimum atomic E-state index is -0.473. The van der Waals surface area contributed by atoms with Gasteiger partial charge in [-0.3, -0.25) is 4.79 Å². The molecule has 5 nitrogen and oxygen atoms in total. The van der Waals surface area contributed by atoms with Gasteiger partial charge in [-0.05, 0) is 42.2 Å². The predicted molar refractivity (Wildman–Crippen MR) is 103 cm³/mol. The summed E-state index contributed by atoms with van der Waals surface area (Å²) in [6, 6.07) is 12.1. The van der Waals surface area contributed by atoms with Crippen molar-refractivity contribution in [2.24, 2.45) is 5.92 Å². The summed E-state index contributed by atoms with van der Waals surface area (Å²) in [5.41, 5.74) is 2.40. The van der Waals surface area contributed by atoms with E-state index in [4.69, 9.17) is 4.74 Å². The quantitative estimate of drug-likeness (QED) is 0.657. The average Bonchev–Trinajstić information content (AvgIpc) is 3.05. The summed E-state index contributed by atoms with van der Waals surface area (Å²) in [5, 5.41) is 3.04. The van der Waals surface area contributed by atoms with E-state index in [9.17, 15) is 9.18 Å². The van der Waals surface area contributed by atoms with E-state index in [1.807, 2.05) is 24.3 Å². The van der Waals surface area contributed by atoms with E-state index in [1.165, 1.54) is 19.2 Å². The van der Waals surface area contributed by atoms with Crippen LogP contribution in [0.3, 0.4) is 0 Å². The number of carbonyl (C=O) groups excluding carboxylic acids is 1. The van der Waals surface area contributed by atoms with Crippen LogP contribution in [0.5, 0.6) is 5.75 Å². The van der Waals surface area contributed by atoms with Crippen LogP contribution in [0.1, 0.15) is 37.7 Å². The van der Waals surface area contributed by atoms with Crippen LogP contribution in [0.4, 0.5) is 4.39 Å². The molecule has 1 amide bonds. The number of imidazole rings is 1. The lowest BCUT2D eigenvalue weighted by Crippen LogP contribution is -2.31. The molecule has 0 aliphatic carbocycles. The zero-order valence-corrected chi connectivity index (χ0v) is 15.8. The van der Waals surface area contributed by atoms with Crippen molar-refractivity contribution in [2.75, 3.05) is 7.11 Å². The number of carbonyl (C=O) groups is 1. The number of para-hydroxylation sites is 2. The Morgan fingerprint density at radius 1 is 1.26 bits per heavy atom. The zero-order valence-electron chi connectivity index (χ0n) is 15.8. The molecule has 0 saturated heterocycles. The molecule has 2 N–H and O–H groups in total. The third-order valence-corrected chi connectivity index (χ3v) is 4.36. The van der Waals surface area contributed by atoms with Gasteiger partial charge in [-0.25, -0.2) is 9.37 Å². The van der Waals surface area contributed by atoms with Gasteiger partial charge in [0.05, 0.1) is 30.6 Å². The monoisotopic (exact) mass is 369 g/mol. The highest BCUT2D eigenvalue weighted by molar-refractivity contribution is 5.79. The highest BCUT2D eigenvalue weighted by Crippen LogP contribution is 2.23. The number of fused-ring (bicyclic) bond motifs is 1. The molecule has 142 valence electrons. The maximum absolute atomic E-state index is 13.8. The third kappa shape index (κ3) is 4.64. The Morgan fingerprint density at radius 2 is 2.04 bits per heavy atom. The molecule has 1 heterocycles. The maximum Gasteiger partial charge on any atom is 0.225 e. The summed E-state index contributed by atoms with van der Waals surface area (Å²) in [6.45, 7) is 4.20. The molecule has 0 bridgehead atoms. The number of nitrogens with zero attached hydrogens (tertiary/aromatic N) is 1. The molecule has 0 aliphatic heterocycles. The van der Waals surface area contributed by atoms with Gasteiger partial charge >= 0.3 is 0 Å². The molecule has 0 radical (unpaired) electrons. The lowest BCUT2D eigenvalue weighted by atomic mass is 10.0. The molecular weight excluding hydrogens is 345 g/mol. The highest BCUT2D eigenvalue weighted by Gasteiger charge is 2.20. The number of nitrogens with one attached hydrogen (secondary N) is 2. The molecule has 0 unspecified atom stereocenters. The van der Waals surface area contributed by atoms with Crippen LogP contribution in [0.25, 0.3) is 11.0 Å². The molecule has 6 heteroatoms. The first-order valence-corrected chi connectivity index (χ1v) is 9.02. The van der Waals surface area contributed by atoms with Crippen LogP contribution in [0, 0.1) is 11.7 Å². The summed E-state index contributed by atoms with van der Waals surface area (Å²) in [6.07, 6.45) is 0.846. The lowest BCUT2D eigenvalue weighted by molar-refractivity contribution is -0.121. The number of hydrogen-bond acceptors (Lipinski definition) is 3. The van der Waals surface area contributed by atoms with Crippen LogP contribution in [-0.2, 0) is 11.2 Å². The second-order valence-corrected chi connectivity index (χ2v) is 7.03. The molecule has 1 atom stereocenters. The van der Waals surface area contributed by atoms with Crippen molar-refractivity contribution in [3.05, 3.63) is 59.7 Å². The molecule has 1 aromatic heterocycles. The van der Waals surface area contributed by atoms with Crippen LogP contribution >= 0.6 is 0 Å². The first kappa shape index (κ1) is 18.9. The number of amides is 1. The van der Waals surface area contributed by atoms with Crippen molar-refractivity contribution in [1.29, 1.82) is 0 Å². The molecule has 0 spiro atoms. The Balaban J connectivity index is 1.75. The largest absolute Gasteiger partial charge is 0.494 e. The fourth-order valence-corrected chi connectivity index (χ4v) is 3.10. The summed E-state index contributed by atoms with van der Waals surface area (Å²) < 4.78 is 18.8. The second kappa shape index (κ2) is 8.20. The van der Waals surface area contributed by atoms with Crippen molar-refractivity contribution in [3.8, 4) is 5.75 Å². The summed E-state index contributed by atoms with van der Waals surface area (Å²) in [4.78, 5) is 20.5. The fraction of sp³-hybridized carbons (Fsp3) is 0.333. The molecular formula is C21H24FN3O2. The van der Waals surface area contributed by atoms with E-state index in [1.54, 1.807) is 6.07 Å². The van der Waals surface area contributed by atoms with E-state index < -0.39 is 5.82 Å². The number of halogens is 1. The number of hydrogen-bond donors (Lipinski definition) is 2. The standard InChI is InChI=1S/C21H24FN3O2/c1-13(2)10-18(21-24-16-6-4-5-7-17(16)25-21)23-20(26)12-14-8-9-19(27-3)15(22)11-14/h4-9,11,13,18H,10,12H2,1-3H3,(H,23,26)(H,24,25)/t18-/m0/s1. The minimum Gasteiger partial charge on any atom is -0.494 e. The van der Waals surface area contributed by atoms with Crippen LogP contribution < -0.4 is 10.1 Å². The van der Waals surface area contributed by atoms with Crippen molar-refractivity contribution in [3.63, 3.8) is 0 Å². The minimum absolute atomic E-state index is 0.0930. The second-order valence-electron chi connectivity index (χ2n) is 7.03. The third-order valence-electron chi connectivity index (χ3n) is 4.36. The van der Waals surface area contributed by atoms with Gasteiger partial charge in [-0.1, -0.05) is 32.0 Å². The van der Waals surface area contributed by atoms with Gasteiger partial charge in [0.15, 0.2) is 11.6 Å². The first-order chi connectivity index (χ1) is 13.0. The Morgan fingerprint density at radius 3 is 2.70 bits per heavy atom. The topological polar surface area (TPSA) is 67.0 Å². The van der Waals surface area contributed by atoms with Crippen LogP contribution in [0.2, 0.25) is 0 Å². The molecule has 0 saturated carbocycles. The normalized spacial score (nSPS) is 12.3.